The van der Waals surface area contributed by atoms with Crippen LogP contribution in [0.25, 0.3) is 10.2 Å². The largest absolute Gasteiger partial charge is 0.345 e. The zero-order valence-corrected chi connectivity index (χ0v) is 12.1. The molecule has 1 aliphatic heterocycles. The number of halogens is 1. The van der Waals surface area contributed by atoms with Gasteiger partial charge in [0.2, 0.25) is 0 Å². The van der Waals surface area contributed by atoms with Gasteiger partial charge in [0.25, 0.3) is 0 Å². The van der Waals surface area contributed by atoms with E-state index >= 15 is 0 Å². The number of rotatable bonds is 1. The average Bonchev–Trinajstić information content (AvgIpc) is 2.72. The Bertz CT molecular complexity index is 532. The lowest BCUT2D eigenvalue weighted by Gasteiger charge is -2.31. The second kappa shape index (κ2) is 4.55. The lowest BCUT2D eigenvalue weighted by molar-refractivity contribution is 0.313. The van der Waals surface area contributed by atoms with Gasteiger partial charge in [-0.1, -0.05) is 27.3 Å². The van der Waals surface area contributed by atoms with Crippen LogP contribution >= 0.6 is 27.3 Å². The lowest BCUT2D eigenvalue weighted by atomic mass is 10.3. The zero-order valence-electron chi connectivity index (χ0n) is 9.69. The third kappa shape index (κ3) is 2.32. The van der Waals surface area contributed by atoms with Crippen LogP contribution in [0.5, 0.6) is 0 Å². The molecule has 1 aliphatic rings. The maximum Gasteiger partial charge on any atom is 0.186 e. The van der Waals surface area contributed by atoms with Crippen LogP contribution in [-0.2, 0) is 0 Å². The summed E-state index contributed by atoms with van der Waals surface area (Å²) in [6, 6.07) is 6.28. The van der Waals surface area contributed by atoms with Crippen molar-refractivity contribution in [3.8, 4) is 0 Å². The van der Waals surface area contributed by atoms with Crippen LogP contribution in [0.3, 0.4) is 0 Å². The number of thiazole rings is 1. The molecule has 1 fully saturated rings. The minimum atomic E-state index is 1.08. The third-order valence-corrected chi connectivity index (χ3v) is 4.69. The third-order valence-electron chi connectivity index (χ3n) is 3.11. The molecule has 5 heteroatoms. The van der Waals surface area contributed by atoms with E-state index in [1.165, 1.54) is 4.70 Å². The molecule has 3 nitrogen and oxygen atoms in total. The van der Waals surface area contributed by atoms with Gasteiger partial charge in [0.15, 0.2) is 5.13 Å². The van der Waals surface area contributed by atoms with Crippen LogP contribution in [0.15, 0.2) is 22.7 Å². The molecule has 0 N–H and O–H groups in total. The smallest absolute Gasteiger partial charge is 0.186 e. The van der Waals surface area contributed by atoms with E-state index in [-0.39, 0.29) is 0 Å². The Morgan fingerprint density at radius 1 is 1.24 bits per heavy atom. The fourth-order valence-electron chi connectivity index (χ4n) is 2.02. The molecule has 3 rings (SSSR count). The molecule has 2 heterocycles. The lowest BCUT2D eigenvalue weighted by Crippen LogP contribution is -2.44. The van der Waals surface area contributed by atoms with Gasteiger partial charge in [0.1, 0.15) is 0 Å². The monoisotopic (exact) mass is 311 g/mol. The Hall–Kier alpha value is -0.650. The van der Waals surface area contributed by atoms with Gasteiger partial charge in [0.05, 0.1) is 10.2 Å². The van der Waals surface area contributed by atoms with Crippen LogP contribution in [0.1, 0.15) is 0 Å². The number of anilines is 1. The van der Waals surface area contributed by atoms with Gasteiger partial charge in [-0.25, -0.2) is 4.98 Å². The summed E-state index contributed by atoms with van der Waals surface area (Å²) in [5.74, 6) is 0. The fourth-order valence-corrected chi connectivity index (χ4v) is 3.59. The Balaban J connectivity index is 1.90. The van der Waals surface area contributed by atoms with E-state index in [2.05, 4.69) is 51.0 Å². The van der Waals surface area contributed by atoms with E-state index < -0.39 is 0 Å². The molecule has 90 valence electrons. The maximum absolute atomic E-state index is 4.71. The summed E-state index contributed by atoms with van der Waals surface area (Å²) >= 11 is 5.29. The van der Waals surface area contributed by atoms with Crippen molar-refractivity contribution in [1.82, 2.24) is 9.88 Å². The molecule has 0 amide bonds. The van der Waals surface area contributed by atoms with Crippen molar-refractivity contribution in [1.29, 1.82) is 0 Å². The number of piperazine rings is 1. The van der Waals surface area contributed by atoms with Crippen molar-refractivity contribution in [3.05, 3.63) is 22.7 Å². The number of likely N-dealkylation sites (N-methyl/N-ethyl adjacent to an activating group) is 1. The van der Waals surface area contributed by atoms with Crippen molar-refractivity contribution in [2.45, 2.75) is 0 Å². The molecular formula is C12H14BrN3S. The molecule has 0 bridgehead atoms. The summed E-state index contributed by atoms with van der Waals surface area (Å²) in [7, 11) is 2.17. The van der Waals surface area contributed by atoms with Gasteiger partial charge in [-0.15, -0.1) is 0 Å². The highest BCUT2D eigenvalue weighted by atomic mass is 79.9. The maximum atomic E-state index is 4.71. The minimum Gasteiger partial charge on any atom is -0.345 e. The normalized spacial score (nSPS) is 17.9. The van der Waals surface area contributed by atoms with E-state index in [1.54, 1.807) is 11.3 Å². The van der Waals surface area contributed by atoms with Crippen LogP contribution in [0, 0.1) is 0 Å². The highest BCUT2D eigenvalue weighted by Crippen LogP contribution is 2.31. The van der Waals surface area contributed by atoms with Crippen molar-refractivity contribution in [3.63, 3.8) is 0 Å². The summed E-state index contributed by atoms with van der Waals surface area (Å²) in [5, 5.41) is 1.16. The van der Waals surface area contributed by atoms with E-state index in [0.29, 0.717) is 0 Å². The van der Waals surface area contributed by atoms with Crippen LogP contribution in [-0.4, -0.2) is 43.1 Å². The van der Waals surface area contributed by atoms with Gasteiger partial charge < -0.3 is 9.80 Å². The molecular weight excluding hydrogens is 298 g/mol. The number of hydrogen-bond acceptors (Lipinski definition) is 4. The van der Waals surface area contributed by atoms with E-state index in [9.17, 15) is 0 Å². The quantitative estimate of drug-likeness (QED) is 0.807. The molecule has 0 radical (unpaired) electrons. The molecule has 0 atom stereocenters. The van der Waals surface area contributed by atoms with Crippen molar-refractivity contribution < 1.29 is 0 Å². The summed E-state index contributed by atoms with van der Waals surface area (Å²) in [6.45, 7) is 4.41. The molecule has 2 aromatic rings. The van der Waals surface area contributed by atoms with Gasteiger partial charge >= 0.3 is 0 Å². The molecule has 0 aliphatic carbocycles. The molecule has 1 saturated heterocycles. The SMILES string of the molecule is CN1CCN(c2nc3ccc(Br)cc3s2)CC1. The van der Waals surface area contributed by atoms with Gasteiger partial charge in [-0.2, -0.15) is 0 Å². The van der Waals surface area contributed by atoms with E-state index in [4.69, 9.17) is 4.98 Å². The number of aromatic nitrogens is 1. The highest BCUT2D eigenvalue weighted by molar-refractivity contribution is 9.10. The van der Waals surface area contributed by atoms with Crippen LogP contribution < -0.4 is 4.90 Å². The molecule has 0 unspecified atom stereocenters. The molecule has 0 saturated carbocycles. The molecule has 1 aromatic heterocycles. The van der Waals surface area contributed by atoms with Crippen molar-refractivity contribution in [2.75, 3.05) is 38.1 Å². The highest BCUT2D eigenvalue weighted by Gasteiger charge is 2.17. The number of fused-ring (bicyclic) bond motifs is 1. The first-order valence-electron chi connectivity index (χ1n) is 5.72. The van der Waals surface area contributed by atoms with Gasteiger partial charge in [-0.05, 0) is 25.2 Å². The first-order chi connectivity index (χ1) is 8.22. The first-order valence-corrected chi connectivity index (χ1v) is 7.33. The Morgan fingerprint density at radius 3 is 2.76 bits per heavy atom. The van der Waals surface area contributed by atoms with Crippen LogP contribution in [0.4, 0.5) is 5.13 Å². The van der Waals surface area contributed by atoms with E-state index in [0.717, 1.165) is 41.3 Å². The summed E-state index contributed by atoms with van der Waals surface area (Å²) in [6.07, 6.45) is 0. The van der Waals surface area contributed by atoms with Crippen molar-refractivity contribution >= 4 is 42.6 Å². The fraction of sp³-hybridized carbons (Fsp3) is 0.417. The average molecular weight is 312 g/mol. The topological polar surface area (TPSA) is 19.4 Å². The van der Waals surface area contributed by atoms with Crippen molar-refractivity contribution in [2.24, 2.45) is 0 Å². The zero-order chi connectivity index (χ0) is 11.8. The standard InChI is InChI=1S/C12H14BrN3S/c1-15-4-6-16(7-5-15)12-14-10-3-2-9(13)8-11(10)17-12/h2-3,8H,4-7H2,1H3. The Kier molecular flexibility index (Phi) is 3.06. The predicted molar refractivity (Wildman–Crippen MR) is 77.0 cm³/mol. The Labute approximate surface area is 113 Å². The summed E-state index contributed by atoms with van der Waals surface area (Å²) < 4.78 is 2.38. The second-order valence-electron chi connectivity index (χ2n) is 4.40. The first kappa shape index (κ1) is 11.4. The number of nitrogens with zero attached hydrogens (tertiary/aromatic N) is 3. The molecule has 1 aromatic carbocycles. The summed E-state index contributed by atoms with van der Waals surface area (Å²) in [4.78, 5) is 9.46. The minimum absolute atomic E-state index is 1.08. The number of hydrogen-bond donors (Lipinski definition) is 0. The predicted octanol–water partition coefficient (Wildman–Crippen LogP) is 2.81. The second-order valence-corrected chi connectivity index (χ2v) is 6.32. The molecule has 0 spiro atoms. The molecule has 17 heavy (non-hydrogen) atoms. The van der Waals surface area contributed by atoms with E-state index in [1.807, 2.05) is 0 Å². The van der Waals surface area contributed by atoms with Crippen LogP contribution in [0.2, 0.25) is 0 Å². The summed E-state index contributed by atoms with van der Waals surface area (Å²) in [5.41, 5.74) is 1.10. The number of benzene rings is 1. The van der Waals surface area contributed by atoms with Gasteiger partial charge in [0, 0.05) is 30.7 Å². The Morgan fingerprint density at radius 2 is 2.00 bits per heavy atom. The van der Waals surface area contributed by atoms with Gasteiger partial charge in [-0.3, -0.25) is 0 Å².